The Morgan fingerprint density at radius 2 is 2.05 bits per heavy atom. The third-order valence-corrected chi connectivity index (χ3v) is 4.18. The van der Waals surface area contributed by atoms with Gasteiger partial charge in [0.25, 0.3) is 0 Å². The number of likely N-dealkylation sites (N-methyl/N-ethyl adjacent to an activating group) is 1. The lowest BCUT2D eigenvalue weighted by molar-refractivity contribution is -0.118. The van der Waals surface area contributed by atoms with Crippen LogP contribution in [-0.4, -0.2) is 29.5 Å². The maximum Gasteiger partial charge on any atom is 0.239 e. The first-order chi connectivity index (χ1) is 10.3. The van der Waals surface area contributed by atoms with Crippen LogP contribution in [0.25, 0.3) is 20.7 Å². The lowest BCUT2D eigenvalue weighted by Crippen LogP contribution is -2.26. The molecule has 106 valence electrons. The highest BCUT2D eigenvalue weighted by molar-refractivity contribution is 7.21. The van der Waals surface area contributed by atoms with Crippen LogP contribution in [0.4, 0.5) is 5.82 Å². The summed E-state index contributed by atoms with van der Waals surface area (Å²) in [6, 6.07) is 12.2. The van der Waals surface area contributed by atoms with E-state index in [9.17, 15) is 4.79 Å². The Balaban J connectivity index is 1.96. The molecule has 0 unspecified atom stereocenters. The van der Waals surface area contributed by atoms with Crippen LogP contribution >= 0.6 is 11.3 Å². The molecule has 0 bridgehead atoms. The van der Waals surface area contributed by atoms with Crippen LogP contribution in [0.2, 0.25) is 0 Å². The van der Waals surface area contributed by atoms with E-state index in [1.807, 2.05) is 18.2 Å². The lowest BCUT2D eigenvalue weighted by Gasteiger charge is -2.04. The average Bonchev–Trinajstić information content (AvgIpc) is 2.98. The molecule has 3 rings (SSSR count). The number of amides is 1. The first-order valence-electron chi connectivity index (χ1n) is 6.52. The van der Waals surface area contributed by atoms with E-state index in [2.05, 4.69) is 38.8 Å². The number of anilines is 1. The first kappa shape index (κ1) is 13.5. The van der Waals surface area contributed by atoms with Gasteiger partial charge in [-0.25, -0.2) is 9.97 Å². The maximum absolute atomic E-state index is 11.3. The van der Waals surface area contributed by atoms with Crippen molar-refractivity contribution >= 4 is 33.3 Å². The van der Waals surface area contributed by atoms with Gasteiger partial charge in [0.05, 0.1) is 11.9 Å². The predicted molar refractivity (Wildman–Crippen MR) is 85.4 cm³/mol. The van der Waals surface area contributed by atoms with E-state index in [1.54, 1.807) is 18.4 Å². The molecule has 0 aliphatic heterocycles. The number of thiophene rings is 1. The van der Waals surface area contributed by atoms with Gasteiger partial charge in [-0.05, 0) is 11.6 Å². The summed E-state index contributed by atoms with van der Waals surface area (Å²) in [6.45, 7) is 0.194. The SMILES string of the molecule is CNC(=O)CNc1ncnc2sc(-c3ccccc3)cc12. The zero-order valence-electron chi connectivity index (χ0n) is 11.5. The summed E-state index contributed by atoms with van der Waals surface area (Å²) in [7, 11) is 1.61. The third kappa shape index (κ3) is 2.85. The molecule has 0 atom stereocenters. The van der Waals surface area contributed by atoms with Crippen molar-refractivity contribution in [1.82, 2.24) is 15.3 Å². The normalized spacial score (nSPS) is 10.5. The highest BCUT2D eigenvalue weighted by Crippen LogP contribution is 2.34. The van der Waals surface area contributed by atoms with Crippen molar-refractivity contribution in [2.24, 2.45) is 0 Å². The summed E-state index contributed by atoms with van der Waals surface area (Å²) in [5.41, 5.74) is 1.15. The standard InChI is InChI=1S/C15H14N4OS/c1-16-13(20)8-17-14-11-7-12(10-5-3-2-4-6-10)21-15(11)19-9-18-14/h2-7,9H,8H2,1H3,(H,16,20)(H,17,18,19). The van der Waals surface area contributed by atoms with Crippen LogP contribution in [0, 0.1) is 0 Å². The van der Waals surface area contributed by atoms with Crippen LogP contribution in [0.1, 0.15) is 0 Å². The minimum Gasteiger partial charge on any atom is -0.360 e. The number of carbonyl (C=O) groups excluding carboxylic acids is 1. The van der Waals surface area contributed by atoms with Crippen LogP contribution in [-0.2, 0) is 4.79 Å². The summed E-state index contributed by atoms with van der Waals surface area (Å²) in [5.74, 6) is 0.599. The molecule has 0 radical (unpaired) electrons. The number of hydrogen-bond donors (Lipinski definition) is 2. The van der Waals surface area contributed by atoms with Crippen LogP contribution < -0.4 is 10.6 Å². The van der Waals surface area contributed by atoms with E-state index >= 15 is 0 Å². The maximum atomic E-state index is 11.3. The zero-order chi connectivity index (χ0) is 14.7. The number of nitrogens with zero attached hydrogens (tertiary/aromatic N) is 2. The van der Waals surface area contributed by atoms with E-state index in [-0.39, 0.29) is 12.5 Å². The molecule has 1 aromatic carbocycles. The van der Waals surface area contributed by atoms with Crippen molar-refractivity contribution in [2.75, 3.05) is 18.9 Å². The molecule has 3 aromatic rings. The number of aromatic nitrogens is 2. The van der Waals surface area contributed by atoms with Crippen molar-refractivity contribution in [1.29, 1.82) is 0 Å². The Bertz CT molecular complexity index is 770. The fourth-order valence-corrected chi connectivity index (χ4v) is 3.00. The minimum atomic E-state index is -0.0831. The number of benzene rings is 1. The van der Waals surface area contributed by atoms with Crippen molar-refractivity contribution < 1.29 is 4.79 Å². The van der Waals surface area contributed by atoms with Gasteiger partial charge in [-0.3, -0.25) is 4.79 Å². The summed E-state index contributed by atoms with van der Waals surface area (Å²) in [6.07, 6.45) is 1.51. The fourth-order valence-electron chi connectivity index (χ4n) is 1.99. The topological polar surface area (TPSA) is 66.9 Å². The second-order valence-electron chi connectivity index (χ2n) is 4.44. The summed E-state index contributed by atoms with van der Waals surface area (Å²) >= 11 is 1.61. The summed E-state index contributed by atoms with van der Waals surface area (Å²) in [4.78, 5) is 21.9. The Kier molecular flexibility index (Phi) is 3.79. The molecule has 0 saturated heterocycles. The van der Waals surface area contributed by atoms with Gasteiger partial charge in [0.2, 0.25) is 5.91 Å². The van der Waals surface area contributed by atoms with Gasteiger partial charge in [0.1, 0.15) is 17.0 Å². The second-order valence-corrected chi connectivity index (χ2v) is 5.48. The fraction of sp³-hybridized carbons (Fsp3) is 0.133. The molecular weight excluding hydrogens is 284 g/mol. The molecule has 0 aliphatic carbocycles. The molecule has 6 heteroatoms. The van der Waals surface area contributed by atoms with Gasteiger partial charge in [0.15, 0.2) is 0 Å². The molecule has 2 N–H and O–H groups in total. The van der Waals surface area contributed by atoms with E-state index in [4.69, 9.17) is 0 Å². The highest BCUT2D eigenvalue weighted by atomic mass is 32.1. The molecule has 0 fully saturated rings. The molecule has 21 heavy (non-hydrogen) atoms. The Labute approximate surface area is 126 Å². The highest BCUT2D eigenvalue weighted by Gasteiger charge is 2.10. The van der Waals surface area contributed by atoms with Gasteiger partial charge >= 0.3 is 0 Å². The lowest BCUT2D eigenvalue weighted by atomic mass is 10.2. The largest absolute Gasteiger partial charge is 0.360 e. The van der Waals surface area contributed by atoms with Gasteiger partial charge in [0, 0.05) is 11.9 Å². The number of hydrogen-bond acceptors (Lipinski definition) is 5. The number of fused-ring (bicyclic) bond motifs is 1. The van der Waals surface area contributed by atoms with E-state index < -0.39 is 0 Å². The van der Waals surface area contributed by atoms with Crippen LogP contribution in [0.3, 0.4) is 0 Å². The van der Waals surface area contributed by atoms with Crippen molar-refractivity contribution in [3.63, 3.8) is 0 Å². The molecule has 2 aromatic heterocycles. The van der Waals surface area contributed by atoms with E-state index in [1.165, 1.54) is 6.33 Å². The summed E-state index contributed by atoms with van der Waals surface area (Å²) in [5, 5.41) is 6.55. The monoisotopic (exact) mass is 298 g/mol. The Hall–Kier alpha value is -2.47. The minimum absolute atomic E-state index is 0.0831. The van der Waals surface area contributed by atoms with Crippen molar-refractivity contribution in [2.45, 2.75) is 0 Å². The van der Waals surface area contributed by atoms with Crippen LogP contribution in [0.5, 0.6) is 0 Å². The van der Waals surface area contributed by atoms with Crippen molar-refractivity contribution in [3.05, 3.63) is 42.7 Å². The van der Waals surface area contributed by atoms with E-state index in [0.29, 0.717) is 5.82 Å². The molecule has 0 spiro atoms. The van der Waals surface area contributed by atoms with Gasteiger partial charge in [-0.1, -0.05) is 30.3 Å². The number of carbonyl (C=O) groups is 1. The Morgan fingerprint density at radius 1 is 1.24 bits per heavy atom. The zero-order valence-corrected chi connectivity index (χ0v) is 12.3. The molecule has 2 heterocycles. The molecule has 0 saturated carbocycles. The van der Waals surface area contributed by atoms with Crippen molar-refractivity contribution in [3.8, 4) is 10.4 Å². The average molecular weight is 298 g/mol. The number of rotatable bonds is 4. The van der Waals surface area contributed by atoms with Gasteiger partial charge in [-0.2, -0.15) is 0 Å². The first-order valence-corrected chi connectivity index (χ1v) is 7.34. The summed E-state index contributed by atoms with van der Waals surface area (Å²) < 4.78 is 0. The quantitative estimate of drug-likeness (QED) is 0.776. The van der Waals surface area contributed by atoms with Crippen LogP contribution in [0.15, 0.2) is 42.7 Å². The van der Waals surface area contributed by atoms with E-state index in [0.717, 1.165) is 20.7 Å². The predicted octanol–water partition coefficient (Wildman–Crippen LogP) is 2.52. The molecule has 5 nitrogen and oxygen atoms in total. The van der Waals surface area contributed by atoms with Gasteiger partial charge in [-0.15, -0.1) is 11.3 Å². The third-order valence-electron chi connectivity index (χ3n) is 3.08. The van der Waals surface area contributed by atoms with Gasteiger partial charge < -0.3 is 10.6 Å². The molecule has 0 aliphatic rings. The molecule has 1 amide bonds. The second kappa shape index (κ2) is 5.88. The smallest absolute Gasteiger partial charge is 0.239 e. The Morgan fingerprint density at radius 3 is 2.81 bits per heavy atom. The molecular formula is C15H14N4OS. The number of nitrogens with one attached hydrogen (secondary N) is 2.